The molecule has 1 aromatic heterocycles. The van der Waals surface area contributed by atoms with Crippen molar-refractivity contribution < 1.29 is 9.59 Å². The zero-order valence-corrected chi connectivity index (χ0v) is 17.8. The number of carbonyl (C=O) groups excluding carboxylic acids is 2. The quantitative estimate of drug-likeness (QED) is 0.382. The first kappa shape index (κ1) is 20.8. The zero-order chi connectivity index (χ0) is 21.8. The predicted octanol–water partition coefficient (Wildman–Crippen LogP) is 5.72. The fourth-order valence-corrected chi connectivity index (χ4v) is 3.46. The van der Waals surface area contributed by atoms with Gasteiger partial charge in [-0.05, 0) is 42.0 Å². The van der Waals surface area contributed by atoms with Gasteiger partial charge in [0.15, 0.2) is 11.6 Å². The van der Waals surface area contributed by atoms with Gasteiger partial charge in [0.05, 0.1) is 12.1 Å². The van der Waals surface area contributed by atoms with Gasteiger partial charge in [0.1, 0.15) is 0 Å². The molecule has 3 aromatic carbocycles. The normalized spacial score (nSPS) is 10.6. The summed E-state index contributed by atoms with van der Waals surface area (Å²) in [6, 6.07) is 22.4. The van der Waals surface area contributed by atoms with Crippen LogP contribution in [0.4, 0.5) is 5.82 Å². The maximum absolute atomic E-state index is 12.9. The highest BCUT2D eigenvalue weighted by molar-refractivity contribution is 6.31. The van der Waals surface area contributed by atoms with Crippen LogP contribution in [0.5, 0.6) is 0 Å². The van der Waals surface area contributed by atoms with Gasteiger partial charge in [0.2, 0.25) is 0 Å². The second-order valence-electron chi connectivity index (χ2n) is 6.83. The molecule has 0 saturated carbocycles. The summed E-state index contributed by atoms with van der Waals surface area (Å²) in [5.74, 6) is -0.293. The average Bonchev–Trinajstić information content (AvgIpc) is 3.22. The summed E-state index contributed by atoms with van der Waals surface area (Å²) in [7, 11) is 0. The van der Waals surface area contributed by atoms with Crippen LogP contribution in [-0.2, 0) is 6.54 Å². The van der Waals surface area contributed by atoms with Gasteiger partial charge in [-0.25, -0.2) is 0 Å². The van der Waals surface area contributed by atoms with E-state index in [4.69, 9.17) is 23.2 Å². The molecule has 5 nitrogen and oxygen atoms in total. The molecule has 0 saturated heterocycles. The van der Waals surface area contributed by atoms with E-state index in [2.05, 4.69) is 10.4 Å². The van der Waals surface area contributed by atoms with E-state index in [0.29, 0.717) is 33.5 Å². The monoisotopic (exact) mass is 449 g/mol. The Morgan fingerprint density at radius 2 is 1.52 bits per heavy atom. The van der Waals surface area contributed by atoms with E-state index in [-0.39, 0.29) is 11.3 Å². The molecule has 0 spiro atoms. The molecule has 1 heterocycles. The zero-order valence-electron chi connectivity index (χ0n) is 16.3. The molecule has 1 amide bonds. The standard InChI is InChI=1S/C24H17Cl2N3O2/c25-18-11-9-16(10-12-18)23(30)19-6-2-3-7-20(19)24(31)27-22-13-14-29(28-22)15-17-5-1-4-8-21(17)26/h1-14H,15H2,(H,27,28,31). The molecule has 1 N–H and O–H groups in total. The van der Waals surface area contributed by atoms with E-state index in [0.717, 1.165) is 5.56 Å². The molecule has 0 bridgehead atoms. The van der Waals surface area contributed by atoms with E-state index in [1.54, 1.807) is 65.5 Å². The topological polar surface area (TPSA) is 64.0 Å². The molecular weight excluding hydrogens is 433 g/mol. The number of aromatic nitrogens is 2. The third kappa shape index (κ3) is 4.85. The fraction of sp³-hybridized carbons (Fsp3) is 0.0417. The lowest BCUT2D eigenvalue weighted by Crippen LogP contribution is -2.17. The predicted molar refractivity (Wildman–Crippen MR) is 122 cm³/mol. The van der Waals surface area contributed by atoms with Crippen molar-refractivity contribution in [2.45, 2.75) is 6.54 Å². The van der Waals surface area contributed by atoms with Crippen LogP contribution in [0.3, 0.4) is 0 Å². The minimum Gasteiger partial charge on any atom is -0.305 e. The number of ketones is 1. The van der Waals surface area contributed by atoms with Crippen LogP contribution >= 0.6 is 23.2 Å². The Bertz CT molecular complexity index is 1250. The number of rotatable bonds is 6. The third-order valence-corrected chi connectivity index (χ3v) is 5.32. The highest BCUT2D eigenvalue weighted by atomic mass is 35.5. The lowest BCUT2D eigenvalue weighted by atomic mass is 9.98. The Morgan fingerprint density at radius 3 is 2.26 bits per heavy atom. The summed E-state index contributed by atoms with van der Waals surface area (Å²) in [5, 5.41) is 8.33. The van der Waals surface area contributed by atoms with Gasteiger partial charge >= 0.3 is 0 Å². The highest BCUT2D eigenvalue weighted by Crippen LogP contribution is 2.19. The second-order valence-corrected chi connectivity index (χ2v) is 7.67. The Hall–Kier alpha value is -3.41. The number of hydrogen-bond donors (Lipinski definition) is 1. The lowest BCUT2D eigenvalue weighted by molar-refractivity contribution is 0.0996. The third-order valence-electron chi connectivity index (χ3n) is 4.70. The number of carbonyl (C=O) groups is 2. The Morgan fingerprint density at radius 1 is 0.839 bits per heavy atom. The number of hydrogen-bond acceptors (Lipinski definition) is 3. The number of benzene rings is 3. The Balaban J connectivity index is 1.52. The maximum atomic E-state index is 12.9. The van der Waals surface area contributed by atoms with E-state index in [1.165, 1.54) is 0 Å². The summed E-state index contributed by atoms with van der Waals surface area (Å²) in [5.41, 5.74) is 1.94. The molecule has 0 unspecified atom stereocenters. The van der Waals surface area contributed by atoms with Crippen molar-refractivity contribution in [3.05, 3.63) is 117 Å². The lowest BCUT2D eigenvalue weighted by Gasteiger charge is -2.09. The molecule has 0 aliphatic rings. The van der Waals surface area contributed by atoms with Crippen molar-refractivity contribution in [3.63, 3.8) is 0 Å². The smallest absolute Gasteiger partial charge is 0.257 e. The number of anilines is 1. The van der Waals surface area contributed by atoms with Gasteiger partial charge in [-0.2, -0.15) is 5.10 Å². The Labute approximate surface area is 189 Å². The molecule has 7 heteroatoms. The summed E-state index contributed by atoms with van der Waals surface area (Å²) in [4.78, 5) is 25.8. The first-order chi connectivity index (χ1) is 15.0. The van der Waals surface area contributed by atoms with Crippen molar-refractivity contribution >= 4 is 40.7 Å². The van der Waals surface area contributed by atoms with E-state index < -0.39 is 5.91 Å². The number of amides is 1. The molecule has 0 aliphatic carbocycles. The first-order valence-electron chi connectivity index (χ1n) is 9.49. The van der Waals surface area contributed by atoms with Crippen LogP contribution < -0.4 is 5.32 Å². The minimum atomic E-state index is -0.416. The average molecular weight is 450 g/mol. The van der Waals surface area contributed by atoms with Crippen molar-refractivity contribution in [1.29, 1.82) is 0 Å². The van der Waals surface area contributed by atoms with Crippen LogP contribution in [0.15, 0.2) is 85.1 Å². The van der Waals surface area contributed by atoms with Crippen LogP contribution in [0.25, 0.3) is 0 Å². The van der Waals surface area contributed by atoms with Crippen molar-refractivity contribution in [2.24, 2.45) is 0 Å². The molecule has 31 heavy (non-hydrogen) atoms. The van der Waals surface area contributed by atoms with Crippen molar-refractivity contribution in [2.75, 3.05) is 5.32 Å². The van der Waals surface area contributed by atoms with E-state index in [1.807, 2.05) is 24.3 Å². The van der Waals surface area contributed by atoms with Crippen LogP contribution in [-0.4, -0.2) is 21.5 Å². The molecule has 154 valence electrons. The van der Waals surface area contributed by atoms with Gasteiger partial charge in [-0.15, -0.1) is 0 Å². The van der Waals surface area contributed by atoms with E-state index in [9.17, 15) is 9.59 Å². The molecule has 4 rings (SSSR count). The summed E-state index contributed by atoms with van der Waals surface area (Å²) in [6.07, 6.45) is 1.75. The summed E-state index contributed by atoms with van der Waals surface area (Å²) < 4.78 is 1.68. The molecule has 4 aromatic rings. The summed E-state index contributed by atoms with van der Waals surface area (Å²) >= 11 is 12.1. The van der Waals surface area contributed by atoms with Gasteiger partial charge in [0, 0.05) is 33.4 Å². The first-order valence-corrected chi connectivity index (χ1v) is 10.2. The van der Waals surface area contributed by atoms with Gasteiger partial charge in [-0.3, -0.25) is 14.3 Å². The largest absolute Gasteiger partial charge is 0.305 e. The Kier molecular flexibility index (Phi) is 6.16. The van der Waals surface area contributed by atoms with Crippen molar-refractivity contribution in [3.8, 4) is 0 Å². The second kappa shape index (κ2) is 9.16. The SMILES string of the molecule is O=C(Nc1ccn(Cc2ccccc2Cl)n1)c1ccccc1C(=O)c1ccc(Cl)cc1. The number of halogens is 2. The fourth-order valence-electron chi connectivity index (χ4n) is 3.14. The maximum Gasteiger partial charge on any atom is 0.257 e. The number of nitrogens with zero attached hydrogens (tertiary/aromatic N) is 2. The van der Waals surface area contributed by atoms with E-state index >= 15 is 0 Å². The molecule has 0 fully saturated rings. The van der Waals surface area contributed by atoms with Crippen LogP contribution in [0.2, 0.25) is 10.0 Å². The van der Waals surface area contributed by atoms with Gasteiger partial charge < -0.3 is 5.32 Å². The summed E-state index contributed by atoms with van der Waals surface area (Å²) in [6.45, 7) is 0.473. The minimum absolute atomic E-state index is 0.258. The number of nitrogens with one attached hydrogen (secondary N) is 1. The van der Waals surface area contributed by atoms with Crippen molar-refractivity contribution in [1.82, 2.24) is 9.78 Å². The van der Waals surface area contributed by atoms with Crippen LogP contribution in [0.1, 0.15) is 31.8 Å². The molecule has 0 atom stereocenters. The van der Waals surface area contributed by atoms with Crippen LogP contribution in [0, 0.1) is 0 Å². The molecular formula is C24H17Cl2N3O2. The highest BCUT2D eigenvalue weighted by Gasteiger charge is 2.19. The molecule has 0 radical (unpaired) electrons. The van der Waals surface area contributed by atoms with Gasteiger partial charge in [-0.1, -0.05) is 59.6 Å². The molecule has 0 aliphatic heterocycles. The van der Waals surface area contributed by atoms with Gasteiger partial charge in [0.25, 0.3) is 5.91 Å².